The number of carboxylic acid groups (broad SMARTS) is 1. The van der Waals surface area contributed by atoms with Gasteiger partial charge in [0.2, 0.25) is 0 Å². The summed E-state index contributed by atoms with van der Waals surface area (Å²) < 4.78 is 24.4. The third-order valence-corrected chi connectivity index (χ3v) is 7.35. The Bertz CT molecular complexity index is 1220. The highest BCUT2D eigenvalue weighted by Crippen LogP contribution is 2.53. The molecule has 6 nitrogen and oxygen atoms in total. The molecule has 3 aromatic carbocycles. The predicted molar refractivity (Wildman–Crippen MR) is 136 cm³/mol. The molecule has 0 spiro atoms. The molecule has 1 fully saturated rings. The highest BCUT2D eigenvalue weighted by molar-refractivity contribution is 5.71. The molecule has 0 amide bonds. The molecule has 2 aliphatic heterocycles. The maximum atomic E-state index is 12.3. The smallest absolute Gasteiger partial charge is 0.309 e. The van der Waals surface area contributed by atoms with Gasteiger partial charge in [-0.2, -0.15) is 0 Å². The zero-order valence-electron chi connectivity index (χ0n) is 20.8. The van der Waals surface area contributed by atoms with Crippen LogP contribution in [-0.4, -0.2) is 29.9 Å². The first kappa shape index (κ1) is 24.2. The maximum Gasteiger partial charge on any atom is 0.309 e. The van der Waals surface area contributed by atoms with Gasteiger partial charge in [-0.15, -0.1) is 0 Å². The Morgan fingerprint density at radius 3 is 2.53 bits per heavy atom. The van der Waals surface area contributed by atoms with Crippen LogP contribution in [0.3, 0.4) is 0 Å². The van der Waals surface area contributed by atoms with E-state index in [1.165, 1.54) is 0 Å². The number of benzene rings is 3. The van der Waals surface area contributed by atoms with Crippen LogP contribution in [0, 0.1) is 11.8 Å². The lowest BCUT2D eigenvalue weighted by Crippen LogP contribution is -2.52. The topological polar surface area (TPSA) is 74.2 Å². The molecule has 4 atom stereocenters. The zero-order valence-corrected chi connectivity index (χ0v) is 20.8. The number of aryl methyl sites for hydroxylation is 1. The number of para-hydroxylation sites is 1. The van der Waals surface area contributed by atoms with Crippen LogP contribution in [0.4, 0.5) is 0 Å². The summed E-state index contributed by atoms with van der Waals surface area (Å²) >= 11 is 0. The number of hydrogen-bond donors (Lipinski definition) is 1. The van der Waals surface area contributed by atoms with Crippen LogP contribution in [0.1, 0.15) is 43.9 Å². The third kappa shape index (κ3) is 4.91. The summed E-state index contributed by atoms with van der Waals surface area (Å²) in [7, 11) is 1.64. The lowest BCUT2D eigenvalue weighted by atomic mass is 9.71. The van der Waals surface area contributed by atoms with E-state index in [-0.39, 0.29) is 12.0 Å². The lowest BCUT2D eigenvalue weighted by molar-refractivity contribution is -0.188. The number of fused-ring (bicyclic) bond motifs is 3. The van der Waals surface area contributed by atoms with Crippen LogP contribution in [0.25, 0.3) is 0 Å². The Morgan fingerprint density at radius 2 is 1.78 bits per heavy atom. The van der Waals surface area contributed by atoms with Gasteiger partial charge in [-0.05, 0) is 81.1 Å². The van der Waals surface area contributed by atoms with Crippen LogP contribution in [0.2, 0.25) is 0 Å². The average Bonchev–Trinajstić information content (AvgIpc) is 2.88. The molecule has 3 aromatic rings. The van der Waals surface area contributed by atoms with E-state index in [9.17, 15) is 9.90 Å². The molecule has 6 heteroatoms. The number of rotatable bonds is 7. The number of carbonyl (C=O) groups is 1. The van der Waals surface area contributed by atoms with Crippen molar-refractivity contribution in [1.29, 1.82) is 0 Å². The fraction of sp³-hybridized carbons (Fsp3) is 0.367. The van der Waals surface area contributed by atoms with Crippen molar-refractivity contribution >= 4 is 5.97 Å². The molecule has 1 N–H and O–H groups in total. The quantitative estimate of drug-likeness (QED) is 0.413. The highest BCUT2D eigenvalue weighted by atomic mass is 16.5. The lowest BCUT2D eigenvalue weighted by Gasteiger charge is -2.50. The van der Waals surface area contributed by atoms with E-state index in [0.717, 1.165) is 28.4 Å². The van der Waals surface area contributed by atoms with E-state index in [4.69, 9.17) is 18.9 Å². The van der Waals surface area contributed by atoms with E-state index in [0.29, 0.717) is 25.0 Å². The Hall–Kier alpha value is -3.51. The second-order valence-electron chi connectivity index (χ2n) is 10.1. The second kappa shape index (κ2) is 9.86. The van der Waals surface area contributed by atoms with Crippen molar-refractivity contribution in [3.05, 3.63) is 83.9 Å². The average molecular weight is 489 g/mol. The van der Waals surface area contributed by atoms with Gasteiger partial charge in [-0.25, -0.2) is 0 Å². The largest absolute Gasteiger partial charge is 0.497 e. The predicted octanol–water partition coefficient (Wildman–Crippen LogP) is 6.44. The van der Waals surface area contributed by atoms with Gasteiger partial charge in [0.15, 0.2) is 0 Å². The molecule has 1 saturated heterocycles. The molecule has 0 bridgehead atoms. The minimum Gasteiger partial charge on any atom is -0.497 e. The van der Waals surface area contributed by atoms with Gasteiger partial charge < -0.3 is 24.1 Å². The molecule has 0 unspecified atom stereocenters. The van der Waals surface area contributed by atoms with Gasteiger partial charge in [-0.3, -0.25) is 4.79 Å². The maximum absolute atomic E-state index is 12.3. The summed E-state index contributed by atoms with van der Waals surface area (Å²) in [5.41, 5.74) is 1.43. The fourth-order valence-corrected chi connectivity index (χ4v) is 5.42. The summed E-state index contributed by atoms with van der Waals surface area (Å²) in [5.74, 6) is 1.44. The third-order valence-electron chi connectivity index (χ3n) is 7.35. The van der Waals surface area contributed by atoms with Crippen molar-refractivity contribution in [2.24, 2.45) is 11.8 Å². The second-order valence-corrected chi connectivity index (χ2v) is 10.1. The van der Waals surface area contributed by atoms with Crippen molar-refractivity contribution in [3.8, 4) is 23.0 Å². The Balaban J connectivity index is 1.42. The number of hydrogen-bond acceptors (Lipinski definition) is 5. The van der Waals surface area contributed by atoms with E-state index in [1.54, 1.807) is 7.11 Å². The monoisotopic (exact) mass is 488 g/mol. The summed E-state index contributed by atoms with van der Waals surface area (Å²) in [6.07, 6.45) is 1.08. The van der Waals surface area contributed by atoms with Crippen LogP contribution in [0.5, 0.6) is 23.0 Å². The first-order valence-electron chi connectivity index (χ1n) is 12.4. The van der Waals surface area contributed by atoms with E-state index < -0.39 is 23.6 Å². The summed E-state index contributed by atoms with van der Waals surface area (Å²) in [6.45, 7) is 4.03. The van der Waals surface area contributed by atoms with Crippen LogP contribution < -0.4 is 14.2 Å². The molecule has 0 saturated carbocycles. The first-order chi connectivity index (χ1) is 17.3. The molecule has 36 heavy (non-hydrogen) atoms. The fourth-order valence-electron chi connectivity index (χ4n) is 5.42. The van der Waals surface area contributed by atoms with Crippen LogP contribution in [-0.2, 0) is 16.0 Å². The highest BCUT2D eigenvalue weighted by Gasteiger charge is 2.52. The Morgan fingerprint density at radius 1 is 1.00 bits per heavy atom. The minimum absolute atomic E-state index is 0.105. The molecular weight excluding hydrogens is 456 g/mol. The van der Waals surface area contributed by atoms with Crippen molar-refractivity contribution in [3.63, 3.8) is 0 Å². The SMILES string of the molecule is COc1cccc(CC[C@@H]2O[C@@H]3c4cc(Oc5ccccc5)ccc4OC(C)(C)[C@H]3C[C@H]2C(=O)O)c1. The minimum atomic E-state index is -0.827. The summed E-state index contributed by atoms with van der Waals surface area (Å²) in [6, 6.07) is 23.3. The van der Waals surface area contributed by atoms with Crippen LogP contribution >= 0.6 is 0 Å². The molecule has 188 valence electrons. The van der Waals surface area contributed by atoms with Gasteiger partial charge in [0.05, 0.1) is 25.2 Å². The van der Waals surface area contributed by atoms with E-state index >= 15 is 0 Å². The summed E-state index contributed by atoms with van der Waals surface area (Å²) in [5, 5.41) is 10.1. The molecule has 0 aliphatic carbocycles. The number of ether oxygens (including phenoxy) is 4. The van der Waals surface area contributed by atoms with Crippen molar-refractivity contribution in [2.75, 3.05) is 7.11 Å². The standard InChI is InChI=1S/C30H32O6/c1-30(2)25-18-24(29(31)32)26(14-12-19-8-7-11-21(16-19)33-3)35-28(25)23-17-22(13-15-27(23)36-30)34-20-9-5-4-6-10-20/h4-11,13,15-17,24-26,28H,12,14,18H2,1-3H3,(H,31,32)/t24-,25+,26+,28-/m1/s1. The molecule has 2 aliphatic rings. The normalized spacial score (nSPS) is 24.1. The van der Waals surface area contributed by atoms with E-state index in [1.807, 2.05) is 86.6 Å². The van der Waals surface area contributed by atoms with Gasteiger partial charge in [0.25, 0.3) is 0 Å². The van der Waals surface area contributed by atoms with E-state index in [2.05, 4.69) is 0 Å². The molecule has 0 aromatic heterocycles. The van der Waals surface area contributed by atoms with Gasteiger partial charge in [0, 0.05) is 11.5 Å². The number of carboxylic acids is 1. The van der Waals surface area contributed by atoms with Crippen LogP contribution in [0.15, 0.2) is 72.8 Å². The zero-order chi connectivity index (χ0) is 25.3. The van der Waals surface area contributed by atoms with Gasteiger partial charge in [0.1, 0.15) is 28.6 Å². The van der Waals surface area contributed by atoms with Crippen molar-refractivity contribution < 1.29 is 28.8 Å². The Kier molecular flexibility index (Phi) is 6.63. The molecule has 5 rings (SSSR count). The Labute approximate surface area is 211 Å². The first-order valence-corrected chi connectivity index (χ1v) is 12.4. The number of methoxy groups -OCH3 is 1. The van der Waals surface area contributed by atoms with Crippen molar-refractivity contribution in [2.45, 2.75) is 50.9 Å². The summed E-state index contributed by atoms with van der Waals surface area (Å²) in [4.78, 5) is 12.3. The molecule has 2 heterocycles. The van der Waals surface area contributed by atoms with Crippen molar-refractivity contribution in [1.82, 2.24) is 0 Å². The number of aliphatic carboxylic acids is 1. The van der Waals surface area contributed by atoms with Gasteiger partial charge >= 0.3 is 5.97 Å². The molecule has 0 radical (unpaired) electrons. The van der Waals surface area contributed by atoms with Gasteiger partial charge in [-0.1, -0.05) is 30.3 Å². The molecular formula is C30H32O6.